The van der Waals surface area contributed by atoms with Crippen molar-refractivity contribution in [3.63, 3.8) is 0 Å². The van der Waals surface area contributed by atoms with Crippen LogP contribution in [0.25, 0.3) is 0 Å². The summed E-state index contributed by atoms with van der Waals surface area (Å²) in [6, 6.07) is 14.0. The number of carbonyl (C=O) groups excluding carboxylic acids is 1. The first-order chi connectivity index (χ1) is 20.3. The summed E-state index contributed by atoms with van der Waals surface area (Å²) in [6.07, 6.45) is -0.868. The Morgan fingerprint density at radius 1 is 1.07 bits per heavy atom. The molecule has 3 atom stereocenters. The first-order valence-electron chi connectivity index (χ1n) is 13.4. The molecule has 232 valence electrons. The van der Waals surface area contributed by atoms with Crippen LogP contribution in [0.1, 0.15) is 24.2 Å². The van der Waals surface area contributed by atoms with Gasteiger partial charge in [-0.1, -0.05) is 13.0 Å². The molecule has 11 nitrogen and oxygen atoms in total. The van der Waals surface area contributed by atoms with Gasteiger partial charge in [0.15, 0.2) is 5.75 Å². The second-order valence-electron chi connectivity index (χ2n) is 10.3. The predicted octanol–water partition coefficient (Wildman–Crippen LogP) is 3.18. The minimum absolute atomic E-state index is 0.0265. The molecule has 3 aromatic carbocycles. The summed E-state index contributed by atoms with van der Waals surface area (Å²) < 4.78 is 81.7. The molecule has 14 heteroatoms. The lowest BCUT2D eigenvalue weighted by atomic mass is 9.99. The van der Waals surface area contributed by atoms with Crippen LogP contribution in [0.15, 0.2) is 76.5 Å². The number of ether oxygens (including phenoxy) is 2. The number of nitrogens with zero attached hydrogens (tertiary/aromatic N) is 2. The third kappa shape index (κ3) is 6.93. The van der Waals surface area contributed by atoms with Crippen molar-refractivity contribution >= 4 is 31.6 Å². The minimum atomic E-state index is -4.15. The van der Waals surface area contributed by atoms with Crippen molar-refractivity contribution in [3.05, 3.63) is 78.1 Å². The van der Waals surface area contributed by atoms with Crippen molar-refractivity contribution in [3.8, 4) is 11.5 Å². The van der Waals surface area contributed by atoms with E-state index in [1.54, 1.807) is 13.8 Å². The number of benzene rings is 3. The molecule has 0 fully saturated rings. The van der Waals surface area contributed by atoms with Gasteiger partial charge in [-0.25, -0.2) is 21.2 Å². The summed E-state index contributed by atoms with van der Waals surface area (Å²) in [5.41, 5.74) is 0.0117. The molecular weight excluding hydrogens is 601 g/mol. The Bertz CT molecular complexity index is 1670. The summed E-state index contributed by atoms with van der Waals surface area (Å²) in [7, 11) is -5.40. The maximum absolute atomic E-state index is 13.7. The number of para-hydroxylation sites is 1. The van der Waals surface area contributed by atoms with Crippen LogP contribution < -0.4 is 14.2 Å². The Hall–Kier alpha value is -3.72. The highest BCUT2D eigenvalue weighted by Crippen LogP contribution is 2.36. The molecule has 0 saturated heterocycles. The standard InChI is InChI=1S/C29H34FN3O8S2/c1-19-16-33(20(2)18-34)29(35)25-6-5-7-26(31-42(36,37)23-14-10-22(40-4)11-15-23)28(25)41-27(19)17-32(3)43(38,39)24-12-8-21(30)9-13-24/h5-15,19-20,27,31,34H,16-18H2,1-4H3/t19-,20+,27-/m0/s1. The van der Waals surface area contributed by atoms with Gasteiger partial charge >= 0.3 is 0 Å². The van der Waals surface area contributed by atoms with Gasteiger partial charge in [0.1, 0.15) is 17.7 Å². The SMILES string of the molecule is COc1ccc(S(=O)(=O)Nc2cccc3c2O[C@@H](CN(C)S(=O)(=O)c2ccc(F)cc2)[C@@H](C)CN([C@H](C)CO)C3=O)cc1. The van der Waals surface area contributed by atoms with Crippen LogP contribution in [0.2, 0.25) is 0 Å². The van der Waals surface area contributed by atoms with E-state index in [4.69, 9.17) is 9.47 Å². The van der Waals surface area contributed by atoms with E-state index in [1.165, 1.54) is 61.5 Å². The fraction of sp³-hybridized carbons (Fsp3) is 0.345. The second kappa shape index (κ2) is 12.9. The Balaban J connectivity index is 1.75. The highest BCUT2D eigenvalue weighted by atomic mass is 32.2. The molecule has 0 unspecified atom stereocenters. The van der Waals surface area contributed by atoms with Crippen LogP contribution in [0.5, 0.6) is 11.5 Å². The number of likely N-dealkylation sites (N-methyl/N-ethyl adjacent to an activating group) is 1. The average Bonchev–Trinajstić information content (AvgIpc) is 2.98. The molecule has 0 spiro atoms. The first-order valence-corrected chi connectivity index (χ1v) is 16.3. The molecule has 43 heavy (non-hydrogen) atoms. The molecule has 0 bridgehead atoms. The van der Waals surface area contributed by atoms with E-state index in [2.05, 4.69) is 4.72 Å². The maximum atomic E-state index is 13.7. The van der Waals surface area contributed by atoms with E-state index in [-0.39, 0.29) is 46.5 Å². The third-order valence-corrected chi connectivity index (χ3v) is 10.5. The highest BCUT2D eigenvalue weighted by Gasteiger charge is 2.36. The number of anilines is 1. The molecule has 1 amide bonds. The number of hydrogen-bond acceptors (Lipinski definition) is 8. The summed E-state index contributed by atoms with van der Waals surface area (Å²) in [4.78, 5) is 15.0. The van der Waals surface area contributed by atoms with Crippen LogP contribution in [0, 0.1) is 11.7 Å². The van der Waals surface area contributed by atoms with Crippen LogP contribution in [-0.2, 0) is 20.0 Å². The van der Waals surface area contributed by atoms with Gasteiger partial charge in [-0.15, -0.1) is 0 Å². The number of aliphatic hydroxyl groups excluding tert-OH is 1. The molecule has 3 aromatic rings. The van der Waals surface area contributed by atoms with Gasteiger partial charge < -0.3 is 19.5 Å². The first kappa shape index (κ1) is 32.2. The summed E-state index contributed by atoms with van der Waals surface area (Å²) >= 11 is 0. The number of sulfonamides is 2. The molecule has 0 radical (unpaired) electrons. The number of methoxy groups -OCH3 is 1. The van der Waals surface area contributed by atoms with E-state index in [0.29, 0.717) is 5.75 Å². The average molecular weight is 636 g/mol. The zero-order valence-corrected chi connectivity index (χ0v) is 25.7. The zero-order chi connectivity index (χ0) is 31.5. The van der Waals surface area contributed by atoms with E-state index >= 15 is 0 Å². The third-order valence-electron chi connectivity index (χ3n) is 7.26. The summed E-state index contributed by atoms with van der Waals surface area (Å²) in [5.74, 6) is -1.15. The Morgan fingerprint density at radius 3 is 2.30 bits per heavy atom. The zero-order valence-electron chi connectivity index (χ0n) is 24.1. The molecule has 0 aromatic heterocycles. The van der Waals surface area contributed by atoms with Gasteiger partial charge in [-0.05, 0) is 67.6 Å². The largest absolute Gasteiger partial charge is 0.497 e. The molecule has 4 rings (SSSR count). The topological polar surface area (TPSA) is 143 Å². The van der Waals surface area contributed by atoms with Gasteiger partial charge in [-0.2, -0.15) is 4.31 Å². The van der Waals surface area contributed by atoms with E-state index < -0.39 is 49.8 Å². The lowest BCUT2D eigenvalue weighted by Crippen LogP contribution is -2.50. The Kier molecular flexibility index (Phi) is 9.64. The van der Waals surface area contributed by atoms with Crippen LogP contribution in [-0.4, -0.2) is 83.1 Å². The smallest absolute Gasteiger partial charge is 0.262 e. The van der Waals surface area contributed by atoms with Crippen molar-refractivity contribution < 1.29 is 40.6 Å². The van der Waals surface area contributed by atoms with Crippen molar-refractivity contribution in [2.75, 3.05) is 38.6 Å². The van der Waals surface area contributed by atoms with Gasteiger partial charge in [0.2, 0.25) is 10.0 Å². The van der Waals surface area contributed by atoms with Crippen molar-refractivity contribution in [1.82, 2.24) is 9.21 Å². The van der Waals surface area contributed by atoms with Crippen LogP contribution >= 0.6 is 0 Å². The number of halogens is 1. The minimum Gasteiger partial charge on any atom is -0.497 e. The second-order valence-corrected chi connectivity index (χ2v) is 14.1. The van der Waals surface area contributed by atoms with Crippen molar-refractivity contribution in [1.29, 1.82) is 0 Å². The highest BCUT2D eigenvalue weighted by molar-refractivity contribution is 7.92. The van der Waals surface area contributed by atoms with Crippen LogP contribution in [0.4, 0.5) is 10.1 Å². The Labute approximate surface area is 250 Å². The molecule has 0 saturated carbocycles. The number of rotatable bonds is 10. The Morgan fingerprint density at radius 2 is 1.70 bits per heavy atom. The number of carbonyl (C=O) groups is 1. The number of nitrogens with one attached hydrogen (secondary N) is 1. The fourth-order valence-electron chi connectivity index (χ4n) is 4.64. The van der Waals surface area contributed by atoms with Gasteiger partial charge in [0.05, 0.1) is 47.3 Å². The lowest BCUT2D eigenvalue weighted by molar-refractivity contribution is 0.0389. The number of fused-ring (bicyclic) bond motifs is 1. The van der Waals surface area contributed by atoms with Gasteiger partial charge in [-0.3, -0.25) is 9.52 Å². The normalized spacial score (nSPS) is 18.3. The van der Waals surface area contributed by atoms with Crippen LogP contribution in [0.3, 0.4) is 0 Å². The lowest BCUT2D eigenvalue weighted by Gasteiger charge is -2.38. The molecule has 0 aliphatic carbocycles. The molecular formula is C29H34FN3O8S2. The number of aliphatic hydroxyl groups is 1. The van der Waals surface area contributed by atoms with Gasteiger partial charge in [0, 0.05) is 19.5 Å². The van der Waals surface area contributed by atoms with Crippen molar-refractivity contribution in [2.45, 2.75) is 35.8 Å². The fourth-order valence-corrected chi connectivity index (χ4v) is 6.88. The monoisotopic (exact) mass is 635 g/mol. The maximum Gasteiger partial charge on any atom is 0.262 e. The predicted molar refractivity (Wildman–Crippen MR) is 158 cm³/mol. The number of hydrogen-bond donors (Lipinski definition) is 2. The van der Waals surface area contributed by atoms with Crippen molar-refractivity contribution in [2.24, 2.45) is 5.92 Å². The molecule has 1 heterocycles. The summed E-state index contributed by atoms with van der Waals surface area (Å²) in [5, 5.41) is 9.90. The number of amides is 1. The van der Waals surface area contributed by atoms with Gasteiger partial charge in [0.25, 0.3) is 15.9 Å². The van der Waals surface area contributed by atoms with E-state index in [9.17, 15) is 31.1 Å². The summed E-state index contributed by atoms with van der Waals surface area (Å²) in [6.45, 7) is 3.04. The quantitative estimate of drug-likeness (QED) is 0.346. The molecule has 1 aliphatic heterocycles. The van der Waals surface area contributed by atoms with E-state index in [0.717, 1.165) is 28.6 Å². The molecule has 2 N–H and O–H groups in total. The molecule has 1 aliphatic rings. The van der Waals surface area contributed by atoms with E-state index in [1.807, 2.05) is 0 Å².